The van der Waals surface area contributed by atoms with Crippen molar-refractivity contribution in [1.82, 2.24) is 0 Å². The van der Waals surface area contributed by atoms with Crippen LogP contribution in [0.5, 0.6) is 5.75 Å². The highest BCUT2D eigenvalue weighted by Gasteiger charge is 2.07. The predicted octanol–water partition coefficient (Wildman–Crippen LogP) is 1.10. The fraction of sp³-hybridized carbons (Fsp3) is 0.286. The van der Waals surface area contributed by atoms with Crippen LogP contribution >= 0.6 is 0 Å². The molecule has 0 saturated carbocycles. The number of benzene rings is 1. The number of nitrogens with two attached hydrogens (primary N) is 1. The van der Waals surface area contributed by atoms with Crippen LogP contribution in [0.25, 0.3) is 0 Å². The lowest BCUT2D eigenvalue weighted by atomic mass is 10.1. The summed E-state index contributed by atoms with van der Waals surface area (Å²) in [4.78, 5) is 20.2. The van der Waals surface area contributed by atoms with E-state index in [1.165, 1.54) is 12.0 Å². The Morgan fingerprint density at radius 3 is 2.70 bits per heavy atom. The Labute approximate surface area is 116 Å². The molecule has 0 aliphatic carbocycles. The normalized spacial score (nSPS) is 13.2. The SMILES string of the molecule is COC(=O)/C=C(/N)C(=O)O.c1ccc2c(c1)CCCO2. The molecular formula is C14H17NO5. The number of esters is 1. The van der Waals surface area contributed by atoms with Crippen LogP contribution in [-0.4, -0.2) is 30.8 Å². The van der Waals surface area contributed by atoms with Crippen molar-refractivity contribution in [2.75, 3.05) is 13.7 Å². The number of methoxy groups -OCH3 is 1. The highest BCUT2D eigenvalue weighted by Crippen LogP contribution is 2.23. The monoisotopic (exact) mass is 279 g/mol. The Bertz CT molecular complexity index is 485. The van der Waals surface area contributed by atoms with Crippen molar-refractivity contribution in [3.63, 3.8) is 0 Å². The van der Waals surface area contributed by atoms with Crippen LogP contribution in [-0.2, 0) is 20.7 Å². The van der Waals surface area contributed by atoms with Gasteiger partial charge in [-0.1, -0.05) is 18.2 Å². The molecular weight excluding hydrogens is 262 g/mol. The number of carbonyl (C=O) groups excluding carboxylic acids is 1. The maximum atomic E-state index is 10.3. The molecule has 0 amide bonds. The summed E-state index contributed by atoms with van der Waals surface area (Å²) in [5.74, 6) is -1.04. The molecule has 0 fully saturated rings. The number of carboxylic acid groups (broad SMARTS) is 1. The van der Waals surface area contributed by atoms with Crippen LogP contribution in [0.15, 0.2) is 36.0 Å². The van der Waals surface area contributed by atoms with Gasteiger partial charge >= 0.3 is 11.9 Å². The number of fused-ring (bicyclic) bond motifs is 1. The van der Waals surface area contributed by atoms with Crippen molar-refractivity contribution in [2.24, 2.45) is 5.73 Å². The Kier molecular flexibility index (Phi) is 6.09. The zero-order valence-electron chi connectivity index (χ0n) is 11.2. The Morgan fingerprint density at radius 1 is 1.40 bits per heavy atom. The molecule has 1 aromatic rings. The van der Waals surface area contributed by atoms with E-state index < -0.39 is 17.6 Å². The number of hydrogen-bond donors (Lipinski definition) is 2. The van der Waals surface area contributed by atoms with E-state index in [0.29, 0.717) is 6.08 Å². The minimum Gasteiger partial charge on any atom is -0.493 e. The molecule has 0 radical (unpaired) electrons. The van der Waals surface area contributed by atoms with Crippen LogP contribution in [0, 0.1) is 0 Å². The summed E-state index contributed by atoms with van der Waals surface area (Å²) in [7, 11) is 1.13. The summed E-state index contributed by atoms with van der Waals surface area (Å²) in [6, 6.07) is 8.25. The van der Waals surface area contributed by atoms with E-state index in [4.69, 9.17) is 15.6 Å². The van der Waals surface area contributed by atoms with Crippen LogP contribution in [0.4, 0.5) is 0 Å². The van der Waals surface area contributed by atoms with Gasteiger partial charge < -0.3 is 20.3 Å². The fourth-order valence-electron chi connectivity index (χ4n) is 1.54. The summed E-state index contributed by atoms with van der Waals surface area (Å²) in [5.41, 5.74) is 5.67. The lowest BCUT2D eigenvalue weighted by Gasteiger charge is -2.15. The van der Waals surface area contributed by atoms with Gasteiger partial charge in [-0.15, -0.1) is 0 Å². The number of para-hydroxylation sites is 1. The number of ether oxygens (including phenoxy) is 2. The molecule has 20 heavy (non-hydrogen) atoms. The van der Waals surface area contributed by atoms with E-state index in [-0.39, 0.29) is 0 Å². The van der Waals surface area contributed by atoms with E-state index in [2.05, 4.69) is 16.9 Å². The van der Waals surface area contributed by atoms with E-state index >= 15 is 0 Å². The molecule has 0 aromatic heterocycles. The van der Waals surface area contributed by atoms with E-state index in [1.807, 2.05) is 12.1 Å². The van der Waals surface area contributed by atoms with Crippen molar-refractivity contribution in [3.8, 4) is 5.75 Å². The Hall–Kier alpha value is -2.50. The summed E-state index contributed by atoms with van der Waals surface area (Å²) in [6.07, 6.45) is 3.04. The van der Waals surface area contributed by atoms with Gasteiger partial charge in [0, 0.05) is 0 Å². The van der Waals surface area contributed by atoms with Gasteiger partial charge in [-0.3, -0.25) is 0 Å². The second-order valence-electron chi connectivity index (χ2n) is 3.99. The number of aryl methyl sites for hydroxylation is 1. The molecule has 3 N–H and O–H groups in total. The lowest BCUT2D eigenvalue weighted by Crippen LogP contribution is -2.12. The zero-order chi connectivity index (χ0) is 15.0. The van der Waals surface area contributed by atoms with Gasteiger partial charge in [0.2, 0.25) is 0 Å². The average Bonchev–Trinajstić information content (AvgIpc) is 2.47. The number of carbonyl (C=O) groups is 2. The number of hydrogen-bond acceptors (Lipinski definition) is 5. The maximum absolute atomic E-state index is 10.3. The van der Waals surface area contributed by atoms with E-state index in [9.17, 15) is 9.59 Å². The van der Waals surface area contributed by atoms with Crippen LogP contribution in [0.2, 0.25) is 0 Å². The molecule has 0 atom stereocenters. The first-order valence-corrected chi connectivity index (χ1v) is 6.03. The smallest absolute Gasteiger partial charge is 0.352 e. The van der Waals surface area contributed by atoms with Crippen LogP contribution in [0.1, 0.15) is 12.0 Å². The highest BCUT2D eigenvalue weighted by atomic mass is 16.5. The van der Waals surface area contributed by atoms with Gasteiger partial charge in [0.1, 0.15) is 11.4 Å². The summed E-state index contributed by atoms with van der Waals surface area (Å²) < 4.78 is 9.54. The molecule has 1 aliphatic rings. The average molecular weight is 279 g/mol. The predicted molar refractivity (Wildman–Crippen MR) is 72.2 cm³/mol. The van der Waals surface area contributed by atoms with Crippen molar-refractivity contribution in [2.45, 2.75) is 12.8 Å². The molecule has 1 heterocycles. The maximum Gasteiger partial charge on any atom is 0.352 e. The number of aliphatic carboxylic acids is 1. The van der Waals surface area contributed by atoms with E-state index in [1.54, 1.807) is 0 Å². The van der Waals surface area contributed by atoms with Crippen LogP contribution in [0.3, 0.4) is 0 Å². The molecule has 2 rings (SSSR count). The fourth-order valence-corrected chi connectivity index (χ4v) is 1.54. The largest absolute Gasteiger partial charge is 0.493 e. The quantitative estimate of drug-likeness (QED) is 0.621. The Balaban J connectivity index is 0.000000200. The first-order chi connectivity index (χ1) is 9.54. The standard InChI is InChI=1S/C9H10O.C5H7NO4/c1-2-6-9-8(4-1)5-3-7-10-9;1-10-4(7)2-3(6)5(8)9/h1-2,4,6H,3,5,7H2;2H,6H2,1H3,(H,8,9)/b;3-2+. The second-order valence-corrected chi connectivity index (χ2v) is 3.99. The van der Waals surface area contributed by atoms with Crippen molar-refractivity contribution in [3.05, 3.63) is 41.6 Å². The van der Waals surface area contributed by atoms with Crippen molar-refractivity contribution >= 4 is 11.9 Å². The number of rotatable bonds is 2. The second kappa shape index (κ2) is 7.83. The molecule has 0 spiro atoms. The van der Waals surface area contributed by atoms with Gasteiger partial charge in [-0.2, -0.15) is 0 Å². The third kappa shape index (κ3) is 5.01. The van der Waals surface area contributed by atoms with E-state index in [0.717, 1.165) is 25.9 Å². The topological polar surface area (TPSA) is 98.9 Å². The van der Waals surface area contributed by atoms with Gasteiger partial charge in [0.25, 0.3) is 0 Å². The first kappa shape index (κ1) is 15.6. The molecule has 0 saturated heterocycles. The minimum atomic E-state index is -1.34. The van der Waals surface area contributed by atoms with Gasteiger partial charge in [-0.05, 0) is 24.5 Å². The summed E-state index contributed by atoms with van der Waals surface area (Å²) in [6.45, 7) is 0.886. The lowest BCUT2D eigenvalue weighted by molar-refractivity contribution is -0.136. The van der Waals surface area contributed by atoms with Gasteiger partial charge in [-0.25, -0.2) is 9.59 Å². The molecule has 108 valence electrons. The van der Waals surface area contributed by atoms with Crippen molar-refractivity contribution in [1.29, 1.82) is 0 Å². The first-order valence-electron chi connectivity index (χ1n) is 6.03. The van der Waals surface area contributed by atoms with Crippen LogP contribution < -0.4 is 10.5 Å². The van der Waals surface area contributed by atoms with Crippen molar-refractivity contribution < 1.29 is 24.2 Å². The minimum absolute atomic E-state index is 0.535. The highest BCUT2D eigenvalue weighted by molar-refractivity contribution is 5.94. The molecule has 1 aromatic carbocycles. The molecule has 6 nitrogen and oxygen atoms in total. The summed E-state index contributed by atoms with van der Waals surface area (Å²) in [5, 5.41) is 8.13. The molecule has 1 aliphatic heterocycles. The zero-order valence-corrected chi connectivity index (χ0v) is 11.2. The molecule has 0 unspecified atom stereocenters. The number of carboxylic acids is 1. The summed E-state index contributed by atoms with van der Waals surface area (Å²) >= 11 is 0. The third-order valence-electron chi connectivity index (χ3n) is 2.54. The molecule has 6 heteroatoms. The Morgan fingerprint density at radius 2 is 2.10 bits per heavy atom. The van der Waals surface area contributed by atoms with Gasteiger partial charge in [0.15, 0.2) is 0 Å². The van der Waals surface area contributed by atoms with Gasteiger partial charge in [0.05, 0.1) is 19.8 Å². The third-order valence-corrected chi connectivity index (χ3v) is 2.54. The molecule has 0 bridgehead atoms.